The standard InChI is InChI=1S/C18H29NO2/c1-3-11-21-18-9-7-15(8-10-18)14(2)19-12-16-5-4-6-17(16)13-20/h7-10,14,16-17,19-20H,3-6,11-13H2,1-2H3. The molecule has 2 N–H and O–H groups in total. The normalized spacial score (nSPS) is 23.2. The molecule has 0 spiro atoms. The fraction of sp³-hybridized carbons (Fsp3) is 0.667. The largest absolute Gasteiger partial charge is 0.494 e. The lowest BCUT2D eigenvalue weighted by molar-refractivity contribution is 0.190. The molecular formula is C18H29NO2. The monoisotopic (exact) mass is 291 g/mol. The van der Waals surface area contributed by atoms with Crippen LogP contribution in [-0.4, -0.2) is 24.9 Å². The summed E-state index contributed by atoms with van der Waals surface area (Å²) in [5.74, 6) is 2.07. The van der Waals surface area contributed by atoms with Crippen LogP contribution in [0, 0.1) is 11.8 Å². The SMILES string of the molecule is CCCOc1ccc(C(C)NCC2CCCC2CO)cc1. The first kappa shape index (κ1) is 16.3. The molecule has 2 rings (SSSR count). The predicted octanol–water partition coefficient (Wildman–Crippen LogP) is 3.53. The molecule has 0 heterocycles. The Balaban J connectivity index is 1.81. The third kappa shape index (κ3) is 4.72. The second-order valence-electron chi connectivity index (χ2n) is 6.18. The van der Waals surface area contributed by atoms with Gasteiger partial charge in [0.1, 0.15) is 5.75 Å². The maximum atomic E-state index is 9.38. The fourth-order valence-corrected chi connectivity index (χ4v) is 3.14. The van der Waals surface area contributed by atoms with Gasteiger partial charge >= 0.3 is 0 Å². The second-order valence-corrected chi connectivity index (χ2v) is 6.18. The number of benzene rings is 1. The number of rotatable bonds is 8. The van der Waals surface area contributed by atoms with E-state index in [0.29, 0.717) is 24.5 Å². The zero-order chi connectivity index (χ0) is 15.1. The minimum atomic E-state index is 0.337. The highest BCUT2D eigenvalue weighted by atomic mass is 16.5. The number of aliphatic hydroxyl groups excluding tert-OH is 1. The summed E-state index contributed by atoms with van der Waals surface area (Å²) in [6.45, 7) is 6.43. The Morgan fingerprint density at radius 3 is 2.62 bits per heavy atom. The predicted molar refractivity (Wildman–Crippen MR) is 86.6 cm³/mol. The van der Waals surface area contributed by atoms with E-state index < -0.39 is 0 Å². The zero-order valence-corrected chi connectivity index (χ0v) is 13.3. The first-order valence-corrected chi connectivity index (χ1v) is 8.31. The highest BCUT2D eigenvalue weighted by Crippen LogP contribution is 2.31. The first-order valence-electron chi connectivity index (χ1n) is 8.31. The average Bonchev–Trinajstić information content (AvgIpc) is 2.98. The number of nitrogens with one attached hydrogen (secondary N) is 1. The van der Waals surface area contributed by atoms with Gasteiger partial charge in [-0.05, 0) is 62.3 Å². The summed E-state index contributed by atoms with van der Waals surface area (Å²) in [5.41, 5.74) is 1.29. The van der Waals surface area contributed by atoms with E-state index in [0.717, 1.165) is 25.3 Å². The van der Waals surface area contributed by atoms with E-state index in [1.807, 2.05) is 0 Å². The third-order valence-corrected chi connectivity index (χ3v) is 4.59. The van der Waals surface area contributed by atoms with Crippen molar-refractivity contribution in [3.05, 3.63) is 29.8 Å². The lowest BCUT2D eigenvalue weighted by Gasteiger charge is -2.21. The molecule has 0 radical (unpaired) electrons. The molecular weight excluding hydrogens is 262 g/mol. The molecule has 1 aromatic carbocycles. The molecule has 1 aliphatic carbocycles. The summed E-state index contributed by atoms with van der Waals surface area (Å²) in [5, 5.41) is 13.0. The molecule has 1 aromatic rings. The van der Waals surface area contributed by atoms with Crippen molar-refractivity contribution in [2.24, 2.45) is 11.8 Å². The maximum absolute atomic E-state index is 9.38. The number of aliphatic hydroxyl groups is 1. The van der Waals surface area contributed by atoms with Crippen LogP contribution in [0.15, 0.2) is 24.3 Å². The molecule has 1 saturated carbocycles. The first-order chi connectivity index (χ1) is 10.2. The van der Waals surface area contributed by atoms with Gasteiger partial charge in [-0.25, -0.2) is 0 Å². The van der Waals surface area contributed by atoms with Crippen molar-refractivity contribution < 1.29 is 9.84 Å². The molecule has 3 atom stereocenters. The fourth-order valence-electron chi connectivity index (χ4n) is 3.14. The van der Waals surface area contributed by atoms with Crippen molar-refractivity contribution >= 4 is 0 Å². The minimum absolute atomic E-state index is 0.337. The smallest absolute Gasteiger partial charge is 0.119 e. The van der Waals surface area contributed by atoms with Crippen LogP contribution in [-0.2, 0) is 0 Å². The van der Waals surface area contributed by atoms with Crippen molar-refractivity contribution in [3.63, 3.8) is 0 Å². The Hall–Kier alpha value is -1.06. The molecule has 1 aliphatic rings. The Kier molecular flexibility index (Phi) is 6.52. The second kappa shape index (κ2) is 8.40. The van der Waals surface area contributed by atoms with E-state index >= 15 is 0 Å². The van der Waals surface area contributed by atoms with Crippen LogP contribution in [0.3, 0.4) is 0 Å². The van der Waals surface area contributed by atoms with E-state index in [1.165, 1.54) is 24.8 Å². The van der Waals surface area contributed by atoms with Gasteiger partial charge in [0.15, 0.2) is 0 Å². The van der Waals surface area contributed by atoms with Crippen LogP contribution >= 0.6 is 0 Å². The van der Waals surface area contributed by atoms with Crippen LogP contribution in [0.25, 0.3) is 0 Å². The van der Waals surface area contributed by atoms with Crippen LogP contribution in [0.5, 0.6) is 5.75 Å². The summed E-state index contributed by atoms with van der Waals surface area (Å²) < 4.78 is 5.61. The van der Waals surface area contributed by atoms with Crippen molar-refractivity contribution in [2.45, 2.75) is 45.6 Å². The topological polar surface area (TPSA) is 41.5 Å². The van der Waals surface area contributed by atoms with Crippen LogP contribution < -0.4 is 10.1 Å². The summed E-state index contributed by atoms with van der Waals surface area (Å²) in [6, 6.07) is 8.72. The van der Waals surface area contributed by atoms with Gasteiger partial charge in [0.2, 0.25) is 0 Å². The van der Waals surface area contributed by atoms with Crippen LogP contribution in [0.2, 0.25) is 0 Å². The summed E-state index contributed by atoms with van der Waals surface area (Å²) in [7, 11) is 0. The number of ether oxygens (including phenoxy) is 1. The van der Waals surface area contributed by atoms with Gasteiger partial charge < -0.3 is 15.2 Å². The maximum Gasteiger partial charge on any atom is 0.119 e. The van der Waals surface area contributed by atoms with Crippen molar-refractivity contribution in [3.8, 4) is 5.75 Å². The van der Waals surface area contributed by atoms with Gasteiger partial charge in [0.25, 0.3) is 0 Å². The van der Waals surface area contributed by atoms with Crippen molar-refractivity contribution in [1.82, 2.24) is 5.32 Å². The van der Waals surface area contributed by atoms with Crippen LogP contribution in [0.4, 0.5) is 0 Å². The highest BCUT2D eigenvalue weighted by molar-refractivity contribution is 5.28. The molecule has 118 valence electrons. The Morgan fingerprint density at radius 2 is 1.95 bits per heavy atom. The molecule has 0 amide bonds. The molecule has 3 unspecified atom stereocenters. The molecule has 3 nitrogen and oxygen atoms in total. The van der Waals surface area contributed by atoms with Gasteiger partial charge in [0, 0.05) is 12.6 Å². The molecule has 0 saturated heterocycles. The molecule has 0 aliphatic heterocycles. The van der Waals surface area contributed by atoms with E-state index in [9.17, 15) is 5.11 Å². The van der Waals surface area contributed by atoms with Gasteiger partial charge in [-0.1, -0.05) is 25.5 Å². The Morgan fingerprint density at radius 1 is 1.24 bits per heavy atom. The Labute approximate surface area is 128 Å². The van der Waals surface area contributed by atoms with Crippen LogP contribution in [0.1, 0.15) is 51.1 Å². The van der Waals surface area contributed by atoms with Gasteiger partial charge in [-0.2, -0.15) is 0 Å². The molecule has 21 heavy (non-hydrogen) atoms. The average molecular weight is 291 g/mol. The molecule has 3 heteroatoms. The summed E-state index contributed by atoms with van der Waals surface area (Å²) >= 11 is 0. The third-order valence-electron chi connectivity index (χ3n) is 4.59. The van der Waals surface area contributed by atoms with E-state index in [1.54, 1.807) is 0 Å². The van der Waals surface area contributed by atoms with Gasteiger partial charge in [-0.15, -0.1) is 0 Å². The number of hydrogen-bond donors (Lipinski definition) is 2. The summed E-state index contributed by atoms with van der Waals surface area (Å²) in [4.78, 5) is 0. The Bertz CT molecular complexity index is 404. The summed E-state index contributed by atoms with van der Waals surface area (Å²) in [6.07, 6.45) is 4.72. The zero-order valence-electron chi connectivity index (χ0n) is 13.3. The van der Waals surface area contributed by atoms with Gasteiger partial charge in [-0.3, -0.25) is 0 Å². The van der Waals surface area contributed by atoms with E-state index in [4.69, 9.17) is 4.74 Å². The highest BCUT2D eigenvalue weighted by Gasteiger charge is 2.26. The molecule has 1 fully saturated rings. The van der Waals surface area contributed by atoms with Crippen molar-refractivity contribution in [1.29, 1.82) is 0 Å². The minimum Gasteiger partial charge on any atom is -0.494 e. The number of hydrogen-bond acceptors (Lipinski definition) is 3. The van der Waals surface area contributed by atoms with Gasteiger partial charge in [0.05, 0.1) is 6.61 Å². The van der Waals surface area contributed by atoms with E-state index in [2.05, 4.69) is 43.4 Å². The lowest BCUT2D eigenvalue weighted by Crippen LogP contribution is -2.28. The lowest BCUT2D eigenvalue weighted by atomic mass is 9.96. The molecule has 0 aromatic heterocycles. The molecule has 0 bridgehead atoms. The van der Waals surface area contributed by atoms with E-state index in [-0.39, 0.29) is 0 Å². The van der Waals surface area contributed by atoms with Crippen molar-refractivity contribution in [2.75, 3.05) is 19.8 Å². The quantitative estimate of drug-likeness (QED) is 0.770.